The number of benzene rings is 1. The minimum absolute atomic E-state index is 0. The van der Waals surface area contributed by atoms with E-state index in [1.54, 1.807) is 0 Å². The maximum absolute atomic E-state index is 5.77. The maximum Gasteiger partial charge on any atom is 0.195 e. The Hall–Kier alpha value is -1.75. The SMILES string of the molecule is Cc1ccccc1CN=C(N)NC(N)=NC(C)(C)C.Cl. The van der Waals surface area contributed by atoms with Gasteiger partial charge in [-0.1, -0.05) is 24.3 Å². The molecule has 0 bridgehead atoms. The van der Waals surface area contributed by atoms with Crippen LogP contribution in [0.5, 0.6) is 0 Å². The van der Waals surface area contributed by atoms with E-state index in [2.05, 4.69) is 15.3 Å². The lowest BCUT2D eigenvalue weighted by molar-refractivity contribution is 0.581. The van der Waals surface area contributed by atoms with Gasteiger partial charge in [-0.15, -0.1) is 12.4 Å². The Balaban J connectivity index is 0.00000361. The molecule has 1 aromatic rings. The minimum Gasteiger partial charge on any atom is -0.370 e. The van der Waals surface area contributed by atoms with Crippen LogP contribution in [0.1, 0.15) is 31.9 Å². The van der Waals surface area contributed by atoms with Crippen LogP contribution in [0, 0.1) is 6.92 Å². The fourth-order valence-corrected chi connectivity index (χ4v) is 1.52. The third-order valence-corrected chi connectivity index (χ3v) is 2.39. The first-order valence-corrected chi connectivity index (χ1v) is 6.25. The van der Waals surface area contributed by atoms with Gasteiger partial charge in [-0.3, -0.25) is 5.32 Å². The van der Waals surface area contributed by atoms with Crippen LogP contribution in [0.3, 0.4) is 0 Å². The summed E-state index contributed by atoms with van der Waals surface area (Å²) in [5.74, 6) is 0.548. The summed E-state index contributed by atoms with van der Waals surface area (Å²) in [5, 5.41) is 2.78. The Morgan fingerprint density at radius 2 is 1.75 bits per heavy atom. The summed E-state index contributed by atoms with van der Waals surface area (Å²) in [4.78, 5) is 8.49. The summed E-state index contributed by atoms with van der Waals surface area (Å²) < 4.78 is 0. The van der Waals surface area contributed by atoms with Crippen molar-refractivity contribution in [1.82, 2.24) is 5.32 Å². The maximum atomic E-state index is 5.77. The zero-order valence-corrected chi connectivity index (χ0v) is 13.3. The molecule has 1 aromatic carbocycles. The number of halogens is 1. The molecule has 0 aliphatic rings. The van der Waals surface area contributed by atoms with E-state index in [1.165, 1.54) is 5.56 Å². The van der Waals surface area contributed by atoms with Crippen molar-refractivity contribution >= 4 is 24.3 Å². The van der Waals surface area contributed by atoms with Crippen molar-refractivity contribution < 1.29 is 0 Å². The lowest BCUT2D eigenvalue weighted by atomic mass is 10.1. The van der Waals surface area contributed by atoms with E-state index in [-0.39, 0.29) is 29.9 Å². The van der Waals surface area contributed by atoms with Crippen molar-refractivity contribution in [3.05, 3.63) is 35.4 Å². The molecular formula is C14H24ClN5. The van der Waals surface area contributed by atoms with Gasteiger partial charge in [-0.25, -0.2) is 9.98 Å². The molecule has 5 nitrogen and oxygen atoms in total. The van der Waals surface area contributed by atoms with Crippen LogP contribution in [0.4, 0.5) is 0 Å². The Bertz CT molecular complexity index is 489. The summed E-state index contributed by atoms with van der Waals surface area (Å²) in [7, 11) is 0. The van der Waals surface area contributed by atoms with Gasteiger partial charge < -0.3 is 11.5 Å². The van der Waals surface area contributed by atoms with E-state index in [9.17, 15) is 0 Å². The molecule has 0 atom stereocenters. The molecule has 0 amide bonds. The highest BCUT2D eigenvalue weighted by molar-refractivity contribution is 5.97. The Morgan fingerprint density at radius 1 is 1.15 bits per heavy atom. The van der Waals surface area contributed by atoms with Gasteiger partial charge >= 0.3 is 0 Å². The highest BCUT2D eigenvalue weighted by Crippen LogP contribution is 2.08. The number of nitrogens with one attached hydrogen (secondary N) is 1. The average Bonchev–Trinajstić information content (AvgIpc) is 2.25. The first-order chi connectivity index (χ1) is 8.78. The lowest BCUT2D eigenvalue weighted by Crippen LogP contribution is -2.42. The van der Waals surface area contributed by atoms with Crippen LogP contribution in [0.15, 0.2) is 34.3 Å². The molecule has 0 fully saturated rings. The Kier molecular flexibility index (Phi) is 7.07. The largest absolute Gasteiger partial charge is 0.370 e. The molecule has 0 radical (unpaired) electrons. The molecule has 1 rings (SSSR count). The smallest absolute Gasteiger partial charge is 0.195 e. The number of aryl methyl sites for hydroxylation is 1. The molecule has 20 heavy (non-hydrogen) atoms. The third kappa shape index (κ3) is 6.99. The van der Waals surface area contributed by atoms with Crippen LogP contribution in [-0.4, -0.2) is 17.5 Å². The lowest BCUT2D eigenvalue weighted by Gasteiger charge is -2.14. The summed E-state index contributed by atoms with van der Waals surface area (Å²) in [6, 6.07) is 8.05. The van der Waals surface area contributed by atoms with Gasteiger partial charge in [0.05, 0.1) is 12.1 Å². The number of rotatable bonds is 2. The van der Waals surface area contributed by atoms with E-state index in [0.717, 1.165) is 5.56 Å². The number of hydrogen-bond acceptors (Lipinski definition) is 2. The van der Waals surface area contributed by atoms with E-state index >= 15 is 0 Å². The van der Waals surface area contributed by atoms with E-state index < -0.39 is 0 Å². The second-order valence-electron chi connectivity index (χ2n) is 5.42. The van der Waals surface area contributed by atoms with Gasteiger partial charge in [-0.2, -0.15) is 0 Å². The summed E-state index contributed by atoms with van der Waals surface area (Å²) in [6.07, 6.45) is 0. The number of nitrogens with zero attached hydrogens (tertiary/aromatic N) is 2. The van der Waals surface area contributed by atoms with Gasteiger partial charge in [-0.05, 0) is 38.8 Å². The van der Waals surface area contributed by atoms with Crippen molar-refractivity contribution in [3.63, 3.8) is 0 Å². The quantitative estimate of drug-likeness (QED) is 0.575. The van der Waals surface area contributed by atoms with E-state index in [4.69, 9.17) is 11.5 Å². The molecule has 5 N–H and O–H groups in total. The molecule has 0 unspecified atom stereocenters. The van der Waals surface area contributed by atoms with Gasteiger partial charge in [0.15, 0.2) is 11.9 Å². The van der Waals surface area contributed by atoms with Crippen molar-refractivity contribution in [2.24, 2.45) is 21.5 Å². The average molecular weight is 298 g/mol. The summed E-state index contributed by atoms with van der Waals surface area (Å²) >= 11 is 0. The van der Waals surface area contributed by atoms with Crippen LogP contribution in [0.25, 0.3) is 0 Å². The number of guanidine groups is 2. The molecular weight excluding hydrogens is 274 g/mol. The standard InChI is InChI=1S/C14H23N5.ClH/c1-10-7-5-6-8-11(10)9-17-12(15)18-13(16)19-14(2,3)4;/h5-8H,9H2,1-4H3,(H5,15,16,17,18,19);1H. The molecule has 6 heteroatoms. The van der Waals surface area contributed by atoms with Crippen molar-refractivity contribution in [2.75, 3.05) is 0 Å². The van der Waals surface area contributed by atoms with Crippen LogP contribution >= 0.6 is 12.4 Å². The fourth-order valence-electron chi connectivity index (χ4n) is 1.52. The molecule has 0 saturated heterocycles. The summed E-state index contributed by atoms with van der Waals surface area (Å²) in [5.41, 5.74) is 13.6. The molecule has 112 valence electrons. The Morgan fingerprint density at radius 3 is 2.30 bits per heavy atom. The number of aliphatic imine (C=N–C) groups is 2. The second-order valence-corrected chi connectivity index (χ2v) is 5.42. The second kappa shape index (κ2) is 7.75. The topological polar surface area (TPSA) is 88.8 Å². The first kappa shape index (κ1) is 18.2. The highest BCUT2D eigenvalue weighted by atomic mass is 35.5. The zero-order chi connectivity index (χ0) is 14.5. The molecule has 0 aromatic heterocycles. The van der Waals surface area contributed by atoms with E-state index in [0.29, 0.717) is 6.54 Å². The molecule has 0 spiro atoms. The van der Waals surface area contributed by atoms with Gasteiger partial charge in [0, 0.05) is 0 Å². The number of nitrogens with two attached hydrogens (primary N) is 2. The van der Waals surface area contributed by atoms with Crippen LogP contribution in [-0.2, 0) is 6.54 Å². The summed E-state index contributed by atoms with van der Waals surface area (Å²) in [6.45, 7) is 8.45. The van der Waals surface area contributed by atoms with Crippen LogP contribution < -0.4 is 16.8 Å². The van der Waals surface area contributed by atoms with Crippen LogP contribution in [0.2, 0.25) is 0 Å². The Labute approximate surface area is 127 Å². The minimum atomic E-state index is -0.243. The molecule has 0 aliphatic heterocycles. The van der Waals surface area contributed by atoms with Crippen molar-refractivity contribution in [2.45, 2.75) is 39.8 Å². The first-order valence-electron chi connectivity index (χ1n) is 6.25. The zero-order valence-electron chi connectivity index (χ0n) is 12.5. The van der Waals surface area contributed by atoms with Gasteiger partial charge in [0.2, 0.25) is 0 Å². The van der Waals surface area contributed by atoms with Crippen molar-refractivity contribution in [3.8, 4) is 0 Å². The predicted molar refractivity (Wildman–Crippen MR) is 88.3 cm³/mol. The highest BCUT2D eigenvalue weighted by Gasteiger charge is 2.08. The number of hydrogen-bond donors (Lipinski definition) is 3. The normalized spacial score (nSPS) is 12.8. The third-order valence-electron chi connectivity index (χ3n) is 2.39. The molecule has 0 saturated carbocycles. The van der Waals surface area contributed by atoms with Gasteiger partial charge in [0.1, 0.15) is 0 Å². The predicted octanol–water partition coefficient (Wildman–Crippen LogP) is 1.93. The van der Waals surface area contributed by atoms with Gasteiger partial charge in [0.25, 0.3) is 0 Å². The van der Waals surface area contributed by atoms with Crippen molar-refractivity contribution in [1.29, 1.82) is 0 Å². The van der Waals surface area contributed by atoms with E-state index in [1.807, 2.05) is 52.0 Å². The molecule has 0 aliphatic carbocycles. The molecule has 0 heterocycles. The fraction of sp³-hybridized carbons (Fsp3) is 0.429. The monoisotopic (exact) mass is 297 g/mol.